The average Bonchev–Trinajstić information content (AvgIpc) is 2.54. The molecule has 0 amide bonds. The lowest BCUT2D eigenvalue weighted by Gasteiger charge is -2.24. The number of nitrogens with one attached hydrogen (secondary N) is 2. The molecule has 0 aliphatic rings. The third-order valence-corrected chi connectivity index (χ3v) is 4.50. The van der Waals surface area contributed by atoms with Gasteiger partial charge in [0.2, 0.25) is 0 Å². The molecular weight excluding hydrogens is 389 g/mol. The molecule has 2 aromatic rings. The van der Waals surface area contributed by atoms with Crippen molar-refractivity contribution in [3.8, 4) is 0 Å². The van der Waals surface area contributed by atoms with Gasteiger partial charge >= 0.3 is 0 Å². The van der Waals surface area contributed by atoms with Crippen molar-refractivity contribution in [1.29, 1.82) is 0 Å². The fourth-order valence-corrected chi connectivity index (χ4v) is 3.02. The molecule has 6 heteroatoms. The van der Waals surface area contributed by atoms with Crippen LogP contribution in [0, 0.1) is 12.7 Å². The summed E-state index contributed by atoms with van der Waals surface area (Å²) in [7, 11) is 0. The summed E-state index contributed by atoms with van der Waals surface area (Å²) in [6, 6.07) is 12.9. The quantitative estimate of drug-likeness (QED) is 0.675. The summed E-state index contributed by atoms with van der Waals surface area (Å²) >= 11 is 8.62. The maximum atomic E-state index is 13.1. The molecule has 0 saturated carbocycles. The largest absolute Gasteiger partial charge is 0.370 e. The Morgan fingerprint density at radius 3 is 2.71 bits per heavy atom. The number of nitrogens with zero attached hydrogens (tertiary/aromatic N) is 1. The summed E-state index contributed by atoms with van der Waals surface area (Å²) in [6.45, 7) is 6.71. The monoisotopic (exact) mass is 409 g/mol. The van der Waals surface area contributed by atoms with Crippen LogP contribution in [0.2, 0.25) is 0 Å². The number of benzene rings is 2. The van der Waals surface area contributed by atoms with Crippen molar-refractivity contribution in [2.75, 3.05) is 29.9 Å². The number of likely N-dealkylation sites (N-methyl/N-ethyl adjacent to an activating group) is 1. The van der Waals surface area contributed by atoms with E-state index in [9.17, 15) is 4.39 Å². The molecule has 2 rings (SSSR count). The molecule has 0 aliphatic heterocycles. The minimum atomic E-state index is -0.289. The highest BCUT2D eigenvalue weighted by Crippen LogP contribution is 2.22. The number of anilines is 2. The lowest BCUT2D eigenvalue weighted by molar-refractivity contribution is 0.627. The van der Waals surface area contributed by atoms with E-state index < -0.39 is 0 Å². The minimum absolute atomic E-state index is 0.289. The van der Waals surface area contributed by atoms with Gasteiger partial charge in [0.15, 0.2) is 5.11 Å². The number of halogens is 2. The van der Waals surface area contributed by atoms with E-state index in [-0.39, 0.29) is 5.82 Å². The molecule has 0 heterocycles. The van der Waals surface area contributed by atoms with Crippen LogP contribution in [-0.4, -0.2) is 24.7 Å². The zero-order chi connectivity index (χ0) is 17.5. The van der Waals surface area contributed by atoms with Crippen LogP contribution in [0.15, 0.2) is 46.9 Å². The summed E-state index contributed by atoms with van der Waals surface area (Å²) in [5.74, 6) is -0.289. The van der Waals surface area contributed by atoms with E-state index in [1.807, 2.05) is 0 Å². The van der Waals surface area contributed by atoms with E-state index in [0.717, 1.165) is 18.8 Å². The minimum Gasteiger partial charge on any atom is -0.370 e. The van der Waals surface area contributed by atoms with Crippen LogP contribution in [0.4, 0.5) is 15.8 Å². The third kappa shape index (κ3) is 5.46. The summed E-state index contributed by atoms with van der Waals surface area (Å²) in [5, 5.41) is 6.77. The van der Waals surface area contributed by atoms with Crippen LogP contribution < -0.4 is 15.5 Å². The highest BCUT2D eigenvalue weighted by Gasteiger charge is 2.06. The molecule has 128 valence electrons. The second-order valence-corrected chi connectivity index (χ2v) is 6.69. The summed E-state index contributed by atoms with van der Waals surface area (Å²) in [5.41, 5.74) is 3.19. The second-order valence-electron chi connectivity index (χ2n) is 5.42. The second kappa shape index (κ2) is 8.99. The summed E-state index contributed by atoms with van der Waals surface area (Å²) in [4.78, 5) is 2.29. The molecule has 0 fully saturated rings. The van der Waals surface area contributed by atoms with Crippen LogP contribution in [0.25, 0.3) is 0 Å². The number of hydrogen-bond donors (Lipinski definition) is 2. The first kappa shape index (κ1) is 18.7. The van der Waals surface area contributed by atoms with E-state index >= 15 is 0 Å². The van der Waals surface area contributed by atoms with Crippen LogP contribution >= 0.6 is 28.1 Å². The van der Waals surface area contributed by atoms with Gasteiger partial charge in [-0.1, -0.05) is 12.1 Å². The van der Waals surface area contributed by atoms with E-state index in [1.54, 1.807) is 6.07 Å². The molecule has 2 N–H and O–H groups in total. The molecule has 0 bridgehead atoms. The van der Waals surface area contributed by atoms with Gasteiger partial charge in [0, 0.05) is 29.8 Å². The van der Waals surface area contributed by atoms with Gasteiger partial charge in [-0.2, -0.15) is 0 Å². The SMILES string of the molecule is CCN(CCNC(=S)Nc1ccc(F)cc1Br)c1cccc(C)c1. The van der Waals surface area contributed by atoms with Gasteiger partial charge in [0.1, 0.15) is 5.82 Å². The molecule has 0 spiro atoms. The molecule has 0 aliphatic carbocycles. The van der Waals surface area contributed by atoms with Crippen molar-refractivity contribution in [2.24, 2.45) is 0 Å². The average molecular weight is 410 g/mol. The van der Waals surface area contributed by atoms with E-state index in [4.69, 9.17) is 12.2 Å². The van der Waals surface area contributed by atoms with Gasteiger partial charge in [-0.15, -0.1) is 0 Å². The van der Waals surface area contributed by atoms with Crippen LogP contribution in [0.5, 0.6) is 0 Å². The molecule has 0 unspecified atom stereocenters. The molecular formula is C18H21BrFN3S. The number of aryl methyl sites for hydroxylation is 1. The molecule has 0 radical (unpaired) electrons. The third-order valence-electron chi connectivity index (χ3n) is 3.60. The van der Waals surface area contributed by atoms with Crippen molar-refractivity contribution >= 4 is 44.6 Å². The zero-order valence-electron chi connectivity index (χ0n) is 13.8. The number of hydrogen-bond acceptors (Lipinski definition) is 2. The lowest BCUT2D eigenvalue weighted by Crippen LogP contribution is -2.37. The zero-order valence-corrected chi connectivity index (χ0v) is 16.2. The van der Waals surface area contributed by atoms with Crippen molar-refractivity contribution < 1.29 is 4.39 Å². The summed E-state index contributed by atoms with van der Waals surface area (Å²) in [6.07, 6.45) is 0. The fourth-order valence-electron chi connectivity index (χ4n) is 2.36. The van der Waals surface area contributed by atoms with Gasteiger partial charge in [0.05, 0.1) is 5.69 Å². The van der Waals surface area contributed by atoms with E-state index in [0.29, 0.717) is 16.1 Å². The lowest BCUT2D eigenvalue weighted by atomic mass is 10.2. The van der Waals surface area contributed by atoms with E-state index in [1.165, 1.54) is 23.4 Å². The molecule has 3 nitrogen and oxygen atoms in total. The Kier molecular flexibility index (Phi) is 6.99. The summed E-state index contributed by atoms with van der Waals surface area (Å²) < 4.78 is 13.7. The first-order valence-corrected chi connectivity index (χ1v) is 9.01. The Bertz CT molecular complexity index is 708. The number of thiocarbonyl (C=S) groups is 1. The topological polar surface area (TPSA) is 27.3 Å². The Morgan fingerprint density at radius 2 is 2.04 bits per heavy atom. The number of rotatable bonds is 6. The van der Waals surface area contributed by atoms with Crippen molar-refractivity contribution in [3.05, 3.63) is 58.3 Å². The maximum Gasteiger partial charge on any atom is 0.170 e. The Morgan fingerprint density at radius 1 is 1.25 bits per heavy atom. The molecule has 24 heavy (non-hydrogen) atoms. The highest BCUT2D eigenvalue weighted by atomic mass is 79.9. The van der Waals surface area contributed by atoms with Gasteiger partial charge in [0.25, 0.3) is 0 Å². The normalized spacial score (nSPS) is 10.3. The first-order valence-electron chi connectivity index (χ1n) is 7.81. The highest BCUT2D eigenvalue weighted by molar-refractivity contribution is 9.10. The Labute approximate surface area is 156 Å². The Hall–Kier alpha value is -1.66. The Balaban J connectivity index is 1.85. The first-order chi connectivity index (χ1) is 11.5. The van der Waals surface area contributed by atoms with Crippen molar-refractivity contribution in [3.63, 3.8) is 0 Å². The van der Waals surface area contributed by atoms with Crippen LogP contribution in [0.1, 0.15) is 12.5 Å². The van der Waals surface area contributed by atoms with Crippen molar-refractivity contribution in [2.45, 2.75) is 13.8 Å². The molecule has 2 aromatic carbocycles. The fraction of sp³-hybridized carbons (Fsp3) is 0.278. The van der Waals surface area contributed by atoms with Gasteiger partial charge in [-0.3, -0.25) is 0 Å². The molecule has 0 aromatic heterocycles. The predicted octanol–water partition coefficient (Wildman–Crippen LogP) is 4.71. The predicted molar refractivity (Wildman–Crippen MR) is 107 cm³/mol. The maximum absolute atomic E-state index is 13.1. The van der Waals surface area contributed by atoms with Gasteiger partial charge in [-0.25, -0.2) is 4.39 Å². The van der Waals surface area contributed by atoms with Gasteiger partial charge < -0.3 is 15.5 Å². The molecule has 0 atom stereocenters. The van der Waals surface area contributed by atoms with Crippen molar-refractivity contribution in [1.82, 2.24) is 5.32 Å². The smallest absolute Gasteiger partial charge is 0.170 e. The van der Waals surface area contributed by atoms with E-state index in [2.05, 4.69) is 69.6 Å². The standard InChI is InChI=1S/C18H21BrFN3S/c1-3-23(15-6-4-5-13(2)11-15)10-9-21-18(24)22-17-8-7-14(20)12-16(17)19/h4-8,11-12H,3,9-10H2,1-2H3,(H2,21,22,24). The molecule has 0 saturated heterocycles. The van der Waals surface area contributed by atoms with Crippen LogP contribution in [-0.2, 0) is 0 Å². The van der Waals surface area contributed by atoms with Crippen LogP contribution in [0.3, 0.4) is 0 Å². The van der Waals surface area contributed by atoms with Gasteiger partial charge in [-0.05, 0) is 77.9 Å².